The summed E-state index contributed by atoms with van der Waals surface area (Å²) in [5, 5.41) is 3.44. The summed E-state index contributed by atoms with van der Waals surface area (Å²) in [6.45, 7) is 0. The van der Waals surface area contributed by atoms with Gasteiger partial charge in [-0.3, -0.25) is 4.79 Å². The molecule has 0 radical (unpaired) electrons. The van der Waals surface area contributed by atoms with E-state index < -0.39 is 23.3 Å². The molecule has 0 unspecified atom stereocenters. The van der Waals surface area contributed by atoms with Gasteiger partial charge in [-0.1, -0.05) is 23.2 Å². The number of carbonyl (C=O) groups is 1. The minimum Gasteiger partial charge on any atom is -0.465 e. The molecule has 0 bridgehead atoms. The molecule has 132 valence electrons. The fraction of sp³-hybridized carbons (Fsp3) is 0.133. The van der Waals surface area contributed by atoms with E-state index in [-0.39, 0.29) is 21.3 Å². The van der Waals surface area contributed by atoms with Gasteiger partial charge in [-0.15, -0.1) is 0 Å². The van der Waals surface area contributed by atoms with Crippen LogP contribution < -0.4 is 5.56 Å². The molecule has 2 rings (SSSR count). The zero-order chi connectivity index (χ0) is 18.8. The van der Waals surface area contributed by atoms with Crippen LogP contribution in [0.15, 0.2) is 40.3 Å². The number of esters is 1. The number of ether oxygens (including phenoxy) is 1. The number of hydrogen-bond donors (Lipinski definition) is 0. The predicted molar refractivity (Wildman–Crippen MR) is 85.7 cm³/mol. The van der Waals surface area contributed by atoms with Gasteiger partial charge < -0.3 is 4.74 Å². The van der Waals surface area contributed by atoms with Crippen molar-refractivity contribution in [3.05, 3.63) is 62.0 Å². The topological polar surface area (TPSA) is 61.2 Å². The maximum atomic E-state index is 12.6. The lowest BCUT2D eigenvalue weighted by atomic mass is 10.2. The van der Waals surface area contributed by atoms with Crippen molar-refractivity contribution in [2.75, 3.05) is 7.11 Å². The quantitative estimate of drug-likeness (QED) is 0.590. The summed E-state index contributed by atoms with van der Waals surface area (Å²) >= 11 is 11.7. The van der Waals surface area contributed by atoms with Gasteiger partial charge in [0, 0.05) is 11.1 Å². The first-order valence-corrected chi connectivity index (χ1v) is 7.31. The summed E-state index contributed by atoms with van der Waals surface area (Å²) in [4.78, 5) is 23.2. The van der Waals surface area contributed by atoms with Gasteiger partial charge in [0.2, 0.25) is 0 Å². The molecule has 1 aromatic carbocycles. The van der Waals surface area contributed by atoms with Crippen LogP contribution in [0.1, 0.15) is 11.1 Å². The van der Waals surface area contributed by atoms with Gasteiger partial charge in [0.25, 0.3) is 5.56 Å². The van der Waals surface area contributed by atoms with Crippen LogP contribution in [-0.4, -0.2) is 22.9 Å². The number of rotatable bonds is 3. The van der Waals surface area contributed by atoms with E-state index >= 15 is 0 Å². The standard InChI is InChI=1S/C15H9Cl2F3N2O3/c1-25-14(24)12(17)5-8-4-10(2-3-11(8)16)22-13(23)6-9(7-21-22)15(18,19)20/h2-7H,1H3. The molecule has 2 aromatic rings. The number of methoxy groups -OCH3 is 1. The van der Waals surface area contributed by atoms with Crippen molar-refractivity contribution in [1.82, 2.24) is 9.78 Å². The zero-order valence-electron chi connectivity index (χ0n) is 12.5. The summed E-state index contributed by atoms with van der Waals surface area (Å²) in [7, 11) is 1.14. The van der Waals surface area contributed by atoms with Gasteiger partial charge >= 0.3 is 12.1 Å². The first-order chi connectivity index (χ1) is 11.6. The molecule has 0 fully saturated rings. The molecule has 0 aliphatic carbocycles. The Kier molecular flexibility index (Phi) is 5.54. The third kappa shape index (κ3) is 4.40. The Balaban J connectivity index is 2.50. The molecule has 0 spiro atoms. The van der Waals surface area contributed by atoms with Crippen LogP contribution in [0.4, 0.5) is 13.2 Å². The summed E-state index contributed by atoms with van der Waals surface area (Å²) in [5.74, 6) is -0.798. The number of alkyl halides is 3. The molecule has 0 aliphatic heterocycles. The Morgan fingerprint density at radius 3 is 2.56 bits per heavy atom. The second kappa shape index (κ2) is 7.28. The van der Waals surface area contributed by atoms with E-state index in [1.54, 1.807) is 0 Å². The van der Waals surface area contributed by atoms with Gasteiger partial charge in [0.05, 0.1) is 24.6 Å². The van der Waals surface area contributed by atoms with Crippen molar-refractivity contribution in [2.24, 2.45) is 0 Å². The van der Waals surface area contributed by atoms with E-state index in [1.165, 1.54) is 24.3 Å². The van der Waals surface area contributed by atoms with Crippen molar-refractivity contribution in [3.63, 3.8) is 0 Å². The molecule has 0 atom stereocenters. The highest BCUT2D eigenvalue weighted by molar-refractivity contribution is 6.43. The SMILES string of the molecule is COC(=O)C(Cl)=Cc1cc(-n2ncc(C(F)(F)F)cc2=O)ccc1Cl. The average Bonchev–Trinajstić information content (AvgIpc) is 2.55. The number of benzene rings is 1. The van der Waals surface area contributed by atoms with Gasteiger partial charge in [-0.2, -0.15) is 23.0 Å². The van der Waals surface area contributed by atoms with Crippen LogP contribution in [0, 0.1) is 0 Å². The number of aromatic nitrogens is 2. The van der Waals surface area contributed by atoms with Crippen LogP contribution in [0.25, 0.3) is 11.8 Å². The van der Waals surface area contributed by atoms with Crippen LogP contribution in [-0.2, 0) is 15.7 Å². The van der Waals surface area contributed by atoms with Crippen molar-refractivity contribution < 1.29 is 22.7 Å². The highest BCUT2D eigenvalue weighted by Gasteiger charge is 2.31. The minimum atomic E-state index is -4.67. The van der Waals surface area contributed by atoms with E-state index in [0.29, 0.717) is 12.3 Å². The Bertz CT molecular complexity index is 908. The number of halogens is 5. The molecule has 0 N–H and O–H groups in total. The van der Waals surface area contributed by atoms with Gasteiger partial charge in [0.1, 0.15) is 5.03 Å². The minimum absolute atomic E-state index is 0.142. The fourth-order valence-electron chi connectivity index (χ4n) is 1.82. The molecule has 0 saturated heterocycles. The van der Waals surface area contributed by atoms with Crippen LogP contribution in [0.2, 0.25) is 5.02 Å². The van der Waals surface area contributed by atoms with Crippen molar-refractivity contribution in [3.8, 4) is 5.69 Å². The largest absolute Gasteiger partial charge is 0.465 e. The smallest absolute Gasteiger partial charge is 0.418 e. The predicted octanol–water partition coefficient (Wildman–Crippen LogP) is 3.66. The van der Waals surface area contributed by atoms with Gasteiger partial charge in [-0.05, 0) is 29.8 Å². The lowest BCUT2D eigenvalue weighted by molar-refractivity contribution is -0.138. The molecule has 10 heteroatoms. The summed E-state index contributed by atoms with van der Waals surface area (Å²) < 4.78 is 43.0. The molecule has 1 heterocycles. The summed E-state index contributed by atoms with van der Waals surface area (Å²) in [6, 6.07) is 4.54. The monoisotopic (exact) mass is 392 g/mol. The summed E-state index contributed by atoms with van der Waals surface area (Å²) in [6.07, 6.45) is -2.94. The molecular formula is C15H9Cl2F3N2O3. The first-order valence-electron chi connectivity index (χ1n) is 6.55. The number of carbonyl (C=O) groups excluding carboxylic acids is 1. The third-order valence-electron chi connectivity index (χ3n) is 3.01. The molecule has 0 amide bonds. The molecule has 25 heavy (non-hydrogen) atoms. The van der Waals surface area contributed by atoms with E-state index in [4.69, 9.17) is 23.2 Å². The van der Waals surface area contributed by atoms with Gasteiger partial charge in [0.15, 0.2) is 0 Å². The normalized spacial score (nSPS) is 12.2. The number of hydrogen-bond acceptors (Lipinski definition) is 4. The highest BCUT2D eigenvalue weighted by Crippen LogP contribution is 2.28. The van der Waals surface area contributed by atoms with Crippen LogP contribution >= 0.6 is 23.2 Å². The van der Waals surface area contributed by atoms with Crippen molar-refractivity contribution >= 4 is 35.2 Å². The Labute approximate surface area is 149 Å². The van der Waals surface area contributed by atoms with Crippen molar-refractivity contribution in [2.45, 2.75) is 6.18 Å². The first kappa shape index (κ1) is 19.0. The lowest BCUT2D eigenvalue weighted by Gasteiger charge is -2.09. The second-order valence-electron chi connectivity index (χ2n) is 4.68. The van der Waals surface area contributed by atoms with E-state index in [0.717, 1.165) is 11.8 Å². The number of nitrogens with zero attached hydrogens (tertiary/aromatic N) is 2. The second-order valence-corrected chi connectivity index (χ2v) is 5.50. The third-order valence-corrected chi connectivity index (χ3v) is 3.62. The molecule has 0 aliphatic rings. The van der Waals surface area contributed by atoms with E-state index in [1.807, 2.05) is 0 Å². The maximum absolute atomic E-state index is 12.6. The maximum Gasteiger partial charge on any atom is 0.418 e. The van der Waals surface area contributed by atoms with Crippen LogP contribution in [0.5, 0.6) is 0 Å². The molecular weight excluding hydrogens is 384 g/mol. The van der Waals surface area contributed by atoms with E-state index in [9.17, 15) is 22.8 Å². The van der Waals surface area contributed by atoms with Crippen molar-refractivity contribution in [1.29, 1.82) is 0 Å². The van der Waals surface area contributed by atoms with Crippen LogP contribution in [0.3, 0.4) is 0 Å². The lowest BCUT2D eigenvalue weighted by Crippen LogP contribution is -2.23. The Morgan fingerprint density at radius 1 is 1.32 bits per heavy atom. The van der Waals surface area contributed by atoms with E-state index in [2.05, 4.69) is 9.84 Å². The Hall–Kier alpha value is -2.32. The van der Waals surface area contributed by atoms with Gasteiger partial charge in [-0.25, -0.2) is 4.79 Å². The summed E-state index contributed by atoms with van der Waals surface area (Å²) in [5.41, 5.74) is -1.74. The Morgan fingerprint density at radius 2 is 2.00 bits per heavy atom. The molecule has 0 saturated carbocycles. The average molecular weight is 393 g/mol. The fourth-order valence-corrected chi connectivity index (χ4v) is 2.19. The zero-order valence-corrected chi connectivity index (χ0v) is 14.0. The molecule has 1 aromatic heterocycles. The highest BCUT2D eigenvalue weighted by atomic mass is 35.5. The molecule has 5 nitrogen and oxygen atoms in total.